The molecule has 0 aliphatic carbocycles. The number of carbonyl (C=O) groups is 1. The molecule has 2 rings (SSSR count). The van der Waals surface area contributed by atoms with Crippen LogP contribution in [-0.2, 0) is 6.18 Å². The highest BCUT2D eigenvalue weighted by molar-refractivity contribution is 5.99. The van der Waals surface area contributed by atoms with Crippen molar-refractivity contribution in [3.63, 3.8) is 0 Å². The monoisotopic (exact) mass is 286 g/mol. The first-order chi connectivity index (χ1) is 9.30. The molecule has 1 saturated heterocycles. The van der Waals surface area contributed by atoms with Gasteiger partial charge in [-0.2, -0.15) is 13.2 Å². The highest BCUT2D eigenvalue weighted by atomic mass is 19.4. The first kappa shape index (κ1) is 14.7. The highest BCUT2D eigenvalue weighted by Gasteiger charge is 2.35. The van der Waals surface area contributed by atoms with E-state index in [1.54, 1.807) is 4.90 Å². The quantitative estimate of drug-likeness (QED) is 0.806. The third-order valence-electron chi connectivity index (χ3n) is 3.71. The molecule has 0 saturated carbocycles. The fraction of sp³-hybridized carbons (Fsp3) is 0.500. The normalized spacial score (nSPS) is 17.3. The lowest BCUT2D eigenvalue weighted by molar-refractivity contribution is -0.136. The Morgan fingerprint density at radius 1 is 1.30 bits per heavy atom. The molecule has 110 valence electrons. The van der Waals surface area contributed by atoms with Crippen LogP contribution in [0, 0.1) is 5.92 Å². The van der Waals surface area contributed by atoms with E-state index in [1.165, 1.54) is 12.1 Å². The lowest BCUT2D eigenvalue weighted by atomic mass is 9.98. The molecule has 0 atom stereocenters. The zero-order valence-electron chi connectivity index (χ0n) is 11.2. The van der Waals surface area contributed by atoms with Crippen LogP contribution in [0.15, 0.2) is 18.2 Å². The van der Waals surface area contributed by atoms with Crippen molar-refractivity contribution in [1.82, 2.24) is 4.90 Å². The minimum atomic E-state index is -4.54. The highest BCUT2D eigenvalue weighted by Crippen LogP contribution is 2.35. The first-order valence-corrected chi connectivity index (χ1v) is 6.55. The molecule has 20 heavy (non-hydrogen) atoms. The number of nitrogens with two attached hydrogens (primary N) is 1. The van der Waals surface area contributed by atoms with Crippen LogP contribution in [0.1, 0.15) is 35.7 Å². The Bertz CT molecular complexity index is 506. The van der Waals surface area contributed by atoms with E-state index < -0.39 is 23.3 Å². The molecule has 1 aromatic carbocycles. The Balaban J connectivity index is 2.27. The minimum Gasteiger partial charge on any atom is -0.398 e. The average Bonchev–Trinajstić information content (AvgIpc) is 2.37. The number of nitrogen functional groups attached to an aromatic ring is 1. The lowest BCUT2D eigenvalue weighted by Crippen LogP contribution is -2.38. The molecular weight excluding hydrogens is 269 g/mol. The van der Waals surface area contributed by atoms with Crippen molar-refractivity contribution < 1.29 is 18.0 Å². The molecule has 1 amide bonds. The molecule has 2 N–H and O–H groups in total. The van der Waals surface area contributed by atoms with Crippen molar-refractivity contribution in [2.24, 2.45) is 5.92 Å². The molecule has 3 nitrogen and oxygen atoms in total. The molecule has 1 aliphatic heterocycles. The average molecular weight is 286 g/mol. The second-order valence-corrected chi connectivity index (χ2v) is 5.24. The van der Waals surface area contributed by atoms with Crippen LogP contribution in [0.25, 0.3) is 0 Å². The van der Waals surface area contributed by atoms with Gasteiger partial charge in [0, 0.05) is 13.1 Å². The Labute approximate surface area is 115 Å². The Kier molecular flexibility index (Phi) is 3.92. The van der Waals surface area contributed by atoms with Crippen LogP contribution >= 0.6 is 0 Å². The van der Waals surface area contributed by atoms with E-state index in [9.17, 15) is 18.0 Å². The van der Waals surface area contributed by atoms with Crippen molar-refractivity contribution >= 4 is 11.6 Å². The van der Waals surface area contributed by atoms with Crippen LogP contribution in [0.5, 0.6) is 0 Å². The van der Waals surface area contributed by atoms with E-state index in [0.717, 1.165) is 18.9 Å². The summed E-state index contributed by atoms with van der Waals surface area (Å²) in [7, 11) is 0. The number of halogens is 3. The maximum atomic E-state index is 12.8. The first-order valence-electron chi connectivity index (χ1n) is 6.55. The molecule has 0 radical (unpaired) electrons. The Hall–Kier alpha value is -1.72. The summed E-state index contributed by atoms with van der Waals surface area (Å²) >= 11 is 0. The van der Waals surface area contributed by atoms with Crippen molar-refractivity contribution in [1.29, 1.82) is 0 Å². The molecule has 0 spiro atoms. The van der Waals surface area contributed by atoms with Crippen molar-refractivity contribution in [2.45, 2.75) is 25.9 Å². The van der Waals surface area contributed by atoms with Gasteiger partial charge in [-0.3, -0.25) is 4.79 Å². The second-order valence-electron chi connectivity index (χ2n) is 5.24. The van der Waals surface area contributed by atoms with Crippen LogP contribution in [-0.4, -0.2) is 23.9 Å². The number of para-hydroxylation sites is 1. The van der Waals surface area contributed by atoms with Crippen LogP contribution in [0.2, 0.25) is 0 Å². The lowest BCUT2D eigenvalue weighted by Gasteiger charge is -2.30. The molecular formula is C14H17F3N2O. The van der Waals surface area contributed by atoms with E-state index in [0.29, 0.717) is 19.0 Å². The fourth-order valence-electron chi connectivity index (χ4n) is 2.38. The number of hydrogen-bond acceptors (Lipinski definition) is 2. The predicted octanol–water partition coefficient (Wildman–Crippen LogP) is 3.16. The number of amides is 1. The van der Waals surface area contributed by atoms with Gasteiger partial charge in [-0.05, 0) is 30.9 Å². The number of rotatable bonds is 1. The molecule has 0 unspecified atom stereocenters. The van der Waals surface area contributed by atoms with Gasteiger partial charge in [0.05, 0.1) is 16.8 Å². The van der Waals surface area contributed by atoms with E-state index in [2.05, 4.69) is 6.92 Å². The maximum absolute atomic E-state index is 12.8. The number of benzene rings is 1. The molecule has 0 aromatic heterocycles. The van der Waals surface area contributed by atoms with Gasteiger partial charge in [0.1, 0.15) is 0 Å². The summed E-state index contributed by atoms with van der Waals surface area (Å²) < 4.78 is 38.3. The zero-order valence-corrected chi connectivity index (χ0v) is 11.2. The Morgan fingerprint density at radius 2 is 1.90 bits per heavy atom. The SMILES string of the molecule is CC1CCN(C(=O)c2cccc(C(F)(F)F)c2N)CC1. The maximum Gasteiger partial charge on any atom is 0.418 e. The van der Waals surface area contributed by atoms with Gasteiger partial charge in [0.15, 0.2) is 0 Å². The van der Waals surface area contributed by atoms with Crippen LogP contribution in [0.3, 0.4) is 0 Å². The summed E-state index contributed by atoms with van der Waals surface area (Å²) in [6.45, 7) is 3.23. The summed E-state index contributed by atoms with van der Waals surface area (Å²) in [6.07, 6.45) is -2.81. The topological polar surface area (TPSA) is 46.3 Å². The van der Waals surface area contributed by atoms with Crippen LogP contribution < -0.4 is 5.73 Å². The number of nitrogens with zero attached hydrogens (tertiary/aromatic N) is 1. The van der Waals surface area contributed by atoms with Gasteiger partial charge in [0.25, 0.3) is 5.91 Å². The molecule has 1 heterocycles. The largest absolute Gasteiger partial charge is 0.418 e. The summed E-state index contributed by atoms with van der Waals surface area (Å²) in [6, 6.07) is 3.47. The molecule has 1 fully saturated rings. The summed E-state index contributed by atoms with van der Waals surface area (Å²) in [5.41, 5.74) is 4.04. The smallest absolute Gasteiger partial charge is 0.398 e. The molecule has 6 heteroatoms. The summed E-state index contributed by atoms with van der Waals surface area (Å²) in [5, 5.41) is 0. The van der Waals surface area contributed by atoms with Crippen LogP contribution in [0.4, 0.5) is 18.9 Å². The van der Waals surface area contributed by atoms with E-state index in [4.69, 9.17) is 5.73 Å². The van der Waals surface area contributed by atoms with Gasteiger partial charge in [-0.15, -0.1) is 0 Å². The molecule has 0 bridgehead atoms. The van der Waals surface area contributed by atoms with Gasteiger partial charge < -0.3 is 10.6 Å². The predicted molar refractivity (Wildman–Crippen MR) is 70.2 cm³/mol. The second kappa shape index (κ2) is 5.34. The van der Waals surface area contributed by atoms with E-state index in [1.807, 2.05) is 0 Å². The third-order valence-corrected chi connectivity index (χ3v) is 3.71. The van der Waals surface area contributed by atoms with E-state index >= 15 is 0 Å². The number of likely N-dealkylation sites (tertiary alicyclic amines) is 1. The third kappa shape index (κ3) is 2.89. The number of anilines is 1. The number of piperidine rings is 1. The van der Waals surface area contributed by atoms with Crippen molar-refractivity contribution in [3.05, 3.63) is 29.3 Å². The summed E-state index contributed by atoms with van der Waals surface area (Å²) in [4.78, 5) is 13.9. The molecule has 1 aromatic rings. The number of alkyl halides is 3. The number of carbonyl (C=O) groups excluding carboxylic acids is 1. The number of hydrogen-bond donors (Lipinski definition) is 1. The molecule has 1 aliphatic rings. The standard InChI is InChI=1S/C14H17F3N2O/c1-9-5-7-19(8-6-9)13(20)10-3-2-4-11(12(10)18)14(15,16)17/h2-4,9H,5-8,18H2,1H3. The van der Waals surface area contributed by atoms with Crippen molar-refractivity contribution in [2.75, 3.05) is 18.8 Å². The minimum absolute atomic E-state index is 0.0608. The Morgan fingerprint density at radius 3 is 2.45 bits per heavy atom. The van der Waals surface area contributed by atoms with Crippen molar-refractivity contribution in [3.8, 4) is 0 Å². The van der Waals surface area contributed by atoms with E-state index in [-0.39, 0.29) is 5.56 Å². The van der Waals surface area contributed by atoms with Gasteiger partial charge in [0.2, 0.25) is 0 Å². The van der Waals surface area contributed by atoms with Gasteiger partial charge in [-0.1, -0.05) is 13.0 Å². The van der Waals surface area contributed by atoms with Gasteiger partial charge >= 0.3 is 6.18 Å². The summed E-state index contributed by atoms with van der Waals surface area (Å²) in [5.74, 6) is 0.124. The van der Waals surface area contributed by atoms with Gasteiger partial charge in [-0.25, -0.2) is 0 Å². The zero-order chi connectivity index (χ0) is 14.9. The fourth-order valence-corrected chi connectivity index (χ4v) is 2.38.